The number of anilines is 3. The number of thioether (sulfide) groups is 1. The molecule has 1 atom stereocenters. The second-order valence-corrected chi connectivity index (χ2v) is 16.4. The van der Waals surface area contributed by atoms with E-state index in [-0.39, 0.29) is 5.25 Å². The monoisotopic (exact) mass is 802 g/mol. The summed E-state index contributed by atoms with van der Waals surface area (Å²) in [6.07, 6.45) is 5.38. The van der Waals surface area contributed by atoms with Crippen molar-refractivity contribution in [1.82, 2.24) is 24.9 Å². The third kappa shape index (κ3) is 6.19. The van der Waals surface area contributed by atoms with Gasteiger partial charge in [-0.25, -0.2) is 24.9 Å². The van der Waals surface area contributed by atoms with Gasteiger partial charge >= 0.3 is 0 Å². The number of hydrogen-bond acceptors (Lipinski definition) is 8. The highest BCUT2D eigenvalue weighted by Gasteiger charge is 2.34. The molecule has 0 saturated carbocycles. The number of para-hydroxylation sites is 3. The zero-order valence-corrected chi connectivity index (χ0v) is 33.5. The van der Waals surface area contributed by atoms with E-state index in [9.17, 15) is 0 Å². The fourth-order valence-corrected chi connectivity index (χ4v) is 9.88. The topological polar surface area (TPSA) is 76.9 Å². The molecule has 8 heteroatoms. The van der Waals surface area contributed by atoms with Crippen molar-refractivity contribution in [2.45, 2.75) is 16.6 Å². The van der Waals surface area contributed by atoms with E-state index in [2.05, 4.69) is 102 Å². The van der Waals surface area contributed by atoms with Crippen molar-refractivity contribution in [2.75, 3.05) is 4.90 Å². The third-order valence-corrected chi connectivity index (χ3v) is 12.7. The highest BCUT2D eigenvalue weighted by Crippen LogP contribution is 2.54. The Morgan fingerprint density at radius 3 is 1.90 bits per heavy atom. The quantitative estimate of drug-likeness (QED) is 0.164. The highest BCUT2D eigenvalue weighted by molar-refractivity contribution is 8.00. The van der Waals surface area contributed by atoms with Crippen LogP contribution in [0.15, 0.2) is 193 Å². The number of fused-ring (bicyclic) bond motifs is 6. The van der Waals surface area contributed by atoms with E-state index >= 15 is 0 Å². The molecule has 0 amide bonds. The van der Waals surface area contributed by atoms with Crippen LogP contribution in [0.4, 0.5) is 17.3 Å². The van der Waals surface area contributed by atoms with Gasteiger partial charge in [0.15, 0.2) is 29.0 Å². The normalized spacial score (nSPS) is 14.9. The average molecular weight is 803 g/mol. The first-order chi connectivity index (χ1) is 30.2. The van der Waals surface area contributed by atoms with Crippen molar-refractivity contribution in [3.63, 3.8) is 0 Å². The van der Waals surface area contributed by atoms with Gasteiger partial charge in [-0.15, -0.1) is 11.8 Å². The number of hydrogen-bond donors (Lipinski definition) is 0. The number of aromatic nitrogens is 5. The van der Waals surface area contributed by atoms with Crippen LogP contribution in [0, 0.1) is 0 Å². The van der Waals surface area contributed by atoms with Gasteiger partial charge in [0.1, 0.15) is 0 Å². The minimum absolute atomic E-state index is 0.252. The van der Waals surface area contributed by atoms with Crippen molar-refractivity contribution >= 4 is 51.1 Å². The highest BCUT2D eigenvalue weighted by atomic mass is 32.2. The molecule has 7 aromatic carbocycles. The molecule has 288 valence electrons. The van der Waals surface area contributed by atoms with Crippen LogP contribution in [-0.4, -0.2) is 30.2 Å². The van der Waals surface area contributed by atoms with Crippen molar-refractivity contribution < 1.29 is 4.74 Å². The Morgan fingerprint density at radius 2 is 1.13 bits per heavy atom. The summed E-state index contributed by atoms with van der Waals surface area (Å²) in [7, 11) is 0. The Kier molecular flexibility index (Phi) is 8.41. The first kappa shape index (κ1) is 35.3. The maximum atomic E-state index is 6.70. The lowest BCUT2D eigenvalue weighted by molar-refractivity contribution is 0.476. The number of ether oxygens (including phenoxy) is 1. The molecule has 2 aliphatic heterocycles. The summed E-state index contributed by atoms with van der Waals surface area (Å²) in [6, 6.07) is 60.1. The number of rotatable bonds is 6. The van der Waals surface area contributed by atoms with E-state index in [1.54, 1.807) is 0 Å². The van der Waals surface area contributed by atoms with Gasteiger partial charge in [0.05, 0.1) is 22.6 Å². The van der Waals surface area contributed by atoms with Crippen LogP contribution in [0.25, 0.3) is 67.2 Å². The molecule has 3 aliphatic rings. The van der Waals surface area contributed by atoms with E-state index < -0.39 is 0 Å². The van der Waals surface area contributed by atoms with E-state index in [4.69, 9.17) is 29.7 Å². The van der Waals surface area contributed by atoms with Crippen LogP contribution in [0.5, 0.6) is 11.5 Å². The molecule has 9 aromatic rings. The van der Waals surface area contributed by atoms with Gasteiger partial charge < -0.3 is 4.74 Å². The molecule has 1 aliphatic carbocycles. The average Bonchev–Trinajstić information content (AvgIpc) is 3.72. The summed E-state index contributed by atoms with van der Waals surface area (Å²) < 4.78 is 6.70. The summed E-state index contributed by atoms with van der Waals surface area (Å²) in [4.78, 5) is 29.0. The summed E-state index contributed by atoms with van der Waals surface area (Å²) >= 11 is 1.91. The second kappa shape index (κ2) is 14.5. The van der Waals surface area contributed by atoms with Crippen molar-refractivity contribution in [1.29, 1.82) is 0 Å². The zero-order chi connectivity index (χ0) is 40.3. The molecule has 61 heavy (non-hydrogen) atoms. The van der Waals surface area contributed by atoms with Gasteiger partial charge in [0.2, 0.25) is 5.95 Å². The zero-order valence-electron chi connectivity index (χ0n) is 32.7. The largest absolute Gasteiger partial charge is 0.453 e. The van der Waals surface area contributed by atoms with Gasteiger partial charge in [0.25, 0.3) is 0 Å². The lowest BCUT2D eigenvalue weighted by Crippen LogP contribution is -2.18. The summed E-state index contributed by atoms with van der Waals surface area (Å²) in [5.74, 6) is 4.04. The minimum Gasteiger partial charge on any atom is -0.453 e. The molecule has 0 saturated heterocycles. The van der Waals surface area contributed by atoms with Crippen molar-refractivity contribution in [2.24, 2.45) is 0 Å². The third-order valence-electron chi connectivity index (χ3n) is 11.4. The summed E-state index contributed by atoms with van der Waals surface area (Å²) in [5, 5.41) is 1.25. The van der Waals surface area contributed by atoms with Crippen molar-refractivity contribution in [3.05, 3.63) is 199 Å². The molecule has 0 bridgehead atoms. The number of nitrogens with zero attached hydrogens (tertiary/aromatic N) is 6. The number of allylic oxidation sites excluding steroid dienone is 3. The van der Waals surface area contributed by atoms with Gasteiger partial charge in [-0.1, -0.05) is 146 Å². The summed E-state index contributed by atoms with van der Waals surface area (Å²) in [6.45, 7) is 0. The lowest BCUT2D eigenvalue weighted by Gasteiger charge is -2.32. The smallest absolute Gasteiger partial charge is 0.236 e. The van der Waals surface area contributed by atoms with Crippen LogP contribution in [-0.2, 0) is 0 Å². The second-order valence-electron chi connectivity index (χ2n) is 15.2. The predicted octanol–water partition coefficient (Wildman–Crippen LogP) is 13.4. The van der Waals surface area contributed by atoms with E-state index in [1.165, 1.54) is 16.0 Å². The Morgan fingerprint density at radius 1 is 0.508 bits per heavy atom. The molecule has 0 fully saturated rings. The van der Waals surface area contributed by atoms with E-state index in [0.29, 0.717) is 23.4 Å². The molecule has 4 heterocycles. The van der Waals surface area contributed by atoms with Crippen LogP contribution >= 0.6 is 11.8 Å². The SMILES string of the molecule is C1=CC(c2nc(-c3ccccc3)nc(-c3ccccc3)n2)=C2c3cc(-c4ccc5c(c4)Oc4ccccc4N5c4nc(-c5ccccc5)c5ccccc5n4)ccc3SC2C1. The Hall–Kier alpha value is -7.68. The van der Waals surface area contributed by atoms with Crippen molar-refractivity contribution in [3.8, 4) is 56.7 Å². The molecule has 0 N–H and O–H groups in total. The molecular formula is C53H34N6OS. The molecule has 7 nitrogen and oxygen atoms in total. The van der Waals surface area contributed by atoms with Gasteiger partial charge in [0, 0.05) is 37.8 Å². The maximum absolute atomic E-state index is 6.70. The minimum atomic E-state index is 0.252. The maximum Gasteiger partial charge on any atom is 0.236 e. The van der Waals surface area contributed by atoms with Gasteiger partial charge in [-0.3, -0.25) is 4.90 Å². The molecule has 1 unspecified atom stereocenters. The fourth-order valence-electron chi connectivity index (χ4n) is 8.55. The molecule has 2 aromatic heterocycles. The lowest BCUT2D eigenvalue weighted by atomic mass is 9.89. The molecule has 12 rings (SSSR count). The molecular weight excluding hydrogens is 769 g/mol. The first-order valence-electron chi connectivity index (χ1n) is 20.3. The Balaban J connectivity index is 0.972. The predicted molar refractivity (Wildman–Crippen MR) is 246 cm³/mol. The Bertz CT molecular complexity index is 3190. The van der Waals surface area contributed by atoms with Crippen LogP contribution in [0.2, 0.25) is 0 Å². The standard InChI is InChI=1S/C53H34N6OS/c1-4-15-33(16-5-1)49-38-21-10-11-23-41(38)54-53(55-49)59-42-24-12-13-25-44(42)60-45-32-37(27-29-43(45)59)36-28-30-46-40(31-36)48-39(22-14-26-47(48)61-46)52-57-50(34-17-6-2-7-18-34)56-51(58-52)35-19-8-3-9-20-35/h1-25,27-32,47H,26H2. The molecule has 0 radical (unpaired) electrons. The van der Waals surface area contributed by atoms with E-state index in [0.717, 1.165) is 79.3 Å². The van der Waals surface area contributed by atoms with Gasteiger partial charge in [-0.05, 0) is 71.1 Å². The Labute approximate surface area is 356 Å². The first-order valence-corrected chi connectivity index (χ1v) is 21.2. The molecule has 0 spiro atoms. The summed E-state index contributed by atoms with van der Waals surface area (Å²) in [5.41, 5.74) is 12.1. The van der Waals surface area contributed by atoms with Gasteiger partial charge in [-0.2, -0.15) is 0 Å². The van der Waals surface area contributed by atoms with Crippen LogP contribution < -0.4 is 9.64 Å². The van der Waals surface area contributed by atoms with Crippen LogP contribution in [0.3, 0.4) is 0 Å². The number of benzene rings is 7. The van der Waals surface area contributed by atoms with Crippen LogP contribution in [0.1, 0.15) is 17.8 Å². The van der Waals surface area contributed by atoms with E-state index in [1.807, 2.05) is 103 Å². The fraction of sp³-hybridized carbons (Fsp3) is 0.0377.